The molecule has 0 saturated carbocycles. The molecule has 2 amide bonds. The Hall–Kier alpha value is -4.70. The van der Waals surface area contributed by atoms with Gasteiger partial charge >= 0.3 is 6.61 Å². The number of thioether (sulfide) groups is 1. The van der Waals surface area contributed by atoms with Gasteiger partial charge < -0.3 is 14.8 Å². The zero-order valence-corrected chi connectivity index (χ0v) is 22.0. The maximum Gasteiger partial charge on any atom is 0.387 e. The normalized spacial score (nSPS) is 14.1. The maximum atomic E-state index is 13.4. The average molecular weight is 560 g/mol. The van der Waals surface area contributed by atoms with E-state index in [-0.39, 0.29) is 28.3 Å². The van der Waals surface area contributed by atoms with Crippen molar-refractivity contribution in [1.29, 1.82) is 0 Å². The molecule has 0 saturated heterocycles. The summed E-state index contributed by atoms with van der Waals surface area (Å²) in [5.74, 6) is -0.0813. The van der Waals surface area contributed by atoms with E-state index in [0.29, 0.717) is 17.1 Å². The van der Waals surface area contributed by atoms with Crippen LogP contribution in [-0.2, 0) is 9.59 Å². The molecule has 0 aliphatic carbocycles. The van der Waals surface area contributed by atoms with E-state index in [1.165, 1.54) is 29.2 Å². The van der Waals surface area contributed by atoms with Crippen LogP contribution in [0.4, 0.5) is 20.2 Å². The summed E-state index contributed by atoms with van der Waals surface area (Å²) >= 11 is 1.09. The number of fused-ring (bicyclic) bond motifs is 1. The lowest BCUT2D eigenvalue weighted by Gasteiger charge is -2.18. The molecule has 0 atom stereocenters. The van der Waals surface area contributed by atoms with Gasteiger partial charge in [0.1, 0.15) is 17.2 Å². The van der Waals surface area contributed by atoms with Gasteiger partial charge in [-0.1, -0.05) is 54.2 Å². The lowest BCUT2D eigenvalue weighted by molar-refractivity contribution is -0.114. The predicted octanol–water partition coefficient (Wildman–Crippen LogP) is 6.57. The second-order valence-electron chi connectivity index (χ2n) is 8.61. The minimum atomic E-state index is -2.97. The molecule has 1 N–H and O–H groups in total. The molecular formula is C30H23F2N3O4S. The van der Waals surface area contributed by atoms with Crippen molar-refractivity contribution in [3.05, 3.63) is 102 Å². The molecule has 0 radical (unpaired) electrons. The minimum absolute atomic E-state index is 0.0160. The fourth-order valence-electron chi connectivity index (χ4n) is 4.05. The van der Waals surface area contributed by atoms with Crippen LogP contribution in [0.15, 0.2) is 102 Å². The highest BCUT2D eigenvalue weighted by Crippen LogP contribution is 2.31. The van der Waals surface area contributed by atoms with Crippen LogP contribution >= 0.6 is 11.8 Å². The van der Waals surface area contributed by atoms with Gasteiger partial charge in [0.25, 0.3) is 5.91 Å². The van der Waals surface area contributed by atoms with Gasteiger partial charge in [-0.25, -0.2) is 4.99 Å². The molecule has 1 heterocycles. The molecule has 0 unspecified atom stereocenters. The lowest BCUT2D eigenvalue weighted by atomic mass is 10.1. The molecule has 4 aromatic carbocycles. The Labute approximate surface area is 233 Å². The summed E-state index contributed by atoms with van der Waals surface area (Å²) in [5.41, 5.74) is 1.94. The van der Waals surface area contributed by atoms with Gasteiger partial charge in [-0.05, 0) is 70.9 Å². The zero-order valence-electron chi connectivity index (χ0n) is 21.2. The van der Waals surface area contributed by atoms with E-state index in [9.17, 15) is 18.4 Å². The number of hydrogen-bond donors (Lipinski definition) is 1. The van der Waals surface area contributed by atoms with Crippen molar-refractivity contribution < 1.29 is 27.8 Å². The Bertz CT molecular complexity index is 1610. The smallest absolute Gasteiger partial charge is 0.387 e. The summed E-state index contributed by atoms with van der Waals surface area (Å²) in [5, 5.41) is 5.22. The highest BCUT2D eigenvalue weighted by atomic mass is 32.2. The van der Waals surface area contributed by atoms with Crippen molar-refractivity contribution in [2.75, 3.05) is 23.1 Å². The molecule has 202 valence electrons. The fraction of sp³-hybridized carbons (Fsp3) is 0.100. The first-order valence-corrected chi connectivity index (χ1v) is 13.1. The van der Waals surface area contributed by atoms with Gasteiger partial charge in [-0.15, -0.1) is 0 Å². The first-order valence-electron chi connectivity index (χ1n) is 12.1. The van der Waals surface area contributed by atoms with Crippen molar-refractivity contribution in [3.63, 3.8) is 0 Å². The van der Waals surface area contributed by atoms with Gasteiger partial charge in [0.15, 0.2) is 5.17 Å². The molecule has 5 rings (SSSR count). The van der Waals surface area contributed by atoms with Gasteiger partial charge in [-0.3, -0.25) is 14.5 Å². The molecule has 10 heteroatoms. The van der Waals surface area contributed by atoms with Crippen LogP contribution < -0.4 is 19.7 Å². The summed E-state index contributed by atoms with van der Waals surface area (Å²) in [6.07, 6.45) is 1.63. The molecule has 0 fully saturated rings. The number of anilines is 2. The van der Waals surface area contributed by atoms with E-state index in [1.807, 2.05) is 42.5 Å². The molecule has 4 aromatic rings. The Morgan fingerprint density at radius 1 is 0.975 bits per heavy atom. The zero-order chi connectivity index (χ0) is 28.1. The summed E-state index contributed by atoms with van der Waals surface area (Å²) in [7, 11) is 1.56. The van der Waals surface area contributed by atoms with E-state index in [4.69, 9.17) is 4.74 Å². The summed E-state index contributed by atoms with van der Waals surface area (Å²) < 4.78 is 34.8. The first-order chi connectivity index (χ1) is 19.4. The highest BCUT2D eigenvalue weighted by molar-refractivity contribution is 8.14. The topological polar surface area (TPSA) is 80.2 Å². The molecule has 1 aliphatic heterocycles. The number of aliphatic imine (C=N–C) groups is 1. The number of alkyl halides is 2. The van der Waals surface area contributed by atoms with Gasteiger partial charge in [0.05, 0.1) is 18.6 Å². The number of hydrogen-bond acceptors (Lipinski definition) is 6. The number of nitrogens with zero attached hydrogens (tertiary/aromatic N) is 2. The van der Waals surface area contributed by atoms with Crippen LogP contribution in [0.2, 0.25) is 0 Å². The summed E-state index contributed by atoms with van der Waals surface area (Å²) in [6.45, 7) is -2.97. The van der Waals surface area contributed by atoms with Crippen LogP contribution in [0.3, 0.4) is 0 Å². The van der Waals surface area contributed by atoms with Crippen molar-refractivity contribution >= 4 is 57.0 Å². The number of carbonyl (C=O) groups excluding carboxylic acids is 2. The van der Waals surface area contributed by atoms with Crippen LogP contribution in [0.1, 0.15) is 5.56 Å². The van der Waals surface area contributed by atoms with Crippen molar-refractivity contribution in [1.82, 2.24) is 0 Å². The van der Waals surface area contributed by atoms with Gasteiger partial charge in [-0.2, -0.15) is 8.78 Å². The van der Waals surface area contributed by atoms with Crippen molar-refractivity contribution in [2.45, 2.75) is 6.61 Å². The summed E-state index contributed by atoms with van der Waals surface area (Å²) in [4.78, 5) is 32.1. The van der Waals surface area contributed by atoms with E-state index >= 15 is 0 Å². The second-order valence-corrected chi connectivity index (χ2v) is 9.55. The van der Waals surface area contributed by atoms with Crippen LogP contribution in [0, 0.1) is 0 Å². The first kappa shape index (κ1) is 26.9. The highest BCUT2D eigenvalue weighted by Gasteiger charge is 2.32. The SMILES string of the molecule is COc1ccc(/C=C2\N=C(SCC(=O)Nc3ccc4ccccc4c3)N(c3ccc(OC(F)F)cc3)C2=O)cc1. The van der Waals surface area contributed by atoms with Crippen LogP contribution in [0.25, 0.3) is 16.8 Å². The maximum absolute atomic E-state index is 13.4. The molecular weight excluding hydrogens is 536 g/mol. The van der Waals surface area contributed by atoms with Crippen molar-refractivity contribution in [3.8, 4) is 11.5 Å². The number of benzene rings is 4. The monoisotopic (exact) mass is 559 g/mol. The van der Waals surface area contributed by atoms with Crippen LogP contribution in [0.5, 0.6) is 11.5 Å². The van der Waals surface area contributed by atoms with E-state index in [0.717, 1.165) is 28.1 Å². The molecule has 7 nitrogen and oxygen atoms in total. The van der Waals surface area contributed by atoms with Crippen molar-refractivity contribution in [2.24, 2.45) is 4.99 Å². The molecule has 0 aromatic heterocycles. The third-order valence-electron chi connectivity index (χ3n) is 5.93. The quantitative estimate of drug-likeness (QED) is 0.247. The predicted molar refractivity (Wildman–Crippen MR) is 154 cm³/mol. The number of carbonyl (C=O) groups is 2. The Morgan fingerprint density at radius 3 is 2.38 bits per heavy atom. The third-order valence-corrected chi connectivity index (χ3v) is 6.87. The third kappa shape index (κ3) is 6.29. The molecule has 40 heavy (non-hydrogen) atoms. The van der Waals surface area contributed by atoms with Gasteiger partial charge in [0, 0.05) is 5.69 Å². The number of amidine groups is 1. The average Bonchev–Trinajstić information content (AvgIpc) is 3.26. The molecule has 1 aliphatic rings. The lowest BCUT2D eigenvalue weighted by Crippen LogP contribution is -2.31. The Morgan fingerprint density at radius 2 is 1.68 bits per heavy atom. The number of methoxy groups -OCH3 is 1. The standard InChI is InChI=1S/C30H23F2N3O4S/c1-38-24-12-6-19(7-13-24)16-26-28(37)35(23-10-14-25(15-11-23)39-29(31)32)30(34-26)40-18-27(36)33-22-9-8-20-4-2-3-5-21(20)17-22/h2-17,29H,18H2,1H3,(H,33,36)/b26-16-. The van der Waals surface area contributed by atoms with E-state index in [1.54, 1.807) is 37.5 Å². The number of amides is 2. The fourth-order valence-corrected chi connectivity index (χ4v) is 4.86. The molecule has 0 spiro atoms. The molecule has 0 bridgehead atoms. The number of rotatable bonds is 8. The van der Waals surface area contributed by atoms with E-state index in [2.05, 4.69) is 15.0 Å². The Kier molecular flexibility index (Phi) is 8.07. The number of nitrogens with one attached hydrogen (secondary N) is 1. The van der Waals surface area contributed by atoms with Crippen LogP contribution in [-0.4, -0.2) is 36.5 Å². The second kappa shape index (κ2) is 12.0. The summed E-state index contributed by atoms with van der Waals surface area (Å²) in [6, 6.07) is 26.2. The van der Waals surface area contributed by atoms with E-state index < -0.39 is 12.5 Å². The largest absolute Gasteiger partial charge is 0.497 e. The number of ether oxygens (including phenoxy) is 2. The van der Waals surface area contributed by atoms with Gasteiger partial charge in [0.2, 0.25) is 5.91 Å². The Balaban J connectivity index is 1.36. The number of halogens is 2. The minimum Gasteiger partial charge on any atom is -0.497 e.